The molecule has 0 radical (unpaired) electrons. The number of fused-ring (bicyclic) bond motifs is 1. The number of nitrogens with zero attached hydrogens (tertiary/aromatic N) is 1. The van der Waals surface area contributed by atoms with Gasteiger partial charge in [0.05, 0.1) is 11.1 Å². The van der Waals surface area contributed by atoms with Crippen molar-refractivity contribution < 1.29 is 13.5 Å². The van der Waals surface area contributed by atoms with E-state index in [4.69, 9.17) is 0 Å². The fourth-order valence-corrected chi connectivity index (χ4v) is 3.67. The van der Waals surface area contributed by atoms with Crippen LogP contribution < -0.4 is 0 Å². The van der Waals surface area contributed by atoms with Gasteiger partial charge in [0.25, 0.3) is 10.0 Å². The van der Waals surface area contributed by atoms with Crippen molar-refractivity contribution in [3.63, 3.8) is 0 Å². The quantitative estimate of drug-likeness (QED) is 0.685. The Hall–Kier alpha value is -2.18. The van der Waals surface area contributed by atoms with Crippen molar-refractivity contribution in [1.82, 2.24) is 0 Å². The van der Waals surface area contributed by atoms with E-state index in [1.165, 1.54) is 24.4 Å². The molecule has 0 heterocycles. The lowest BCUT2D eigenvalue weighted by molar-refractivity contribution is 0.475. The summed E-state index contributed by atoms with van der Waals surface area (Å²) in [6.07, 6.45) is 1.19. The smallest absolute Gasteiger partial charge is 0.282 e. The van der Waals surface area contributed by atoms with Crippen LogP contribution in [0.4, 0.5) is 0 Å². The number of phenolic OH excluding ortho intramolecular Hbond substituents is 1. The molecule has 4 nitrogen and oxygen atoms in total. The molecular formula is C17H12BrNO3S. The molecule has 0 saturated carbocycles. The van der Waals surface area contributed by atoms with Gasteiger partial charge in [-0.3, -0.25) is 0 Å². The minimum Gasteiger partial charge on any atom is -0.507 e. The number of halogens is 1. The summed E-state index contributed by atoms with van der Waals surface area (Å²) in [5, 5.41) is 11.7. The van der Waals surface area contributed by atoms with Crippen LogP contribution in [0.15, 0.2) is 74.4 Å². The zero-order chi connectivity index (χ0) is 16.4. The fourth-order valence-electron chi connectivity index (χ4n) is 2.23. The standard InChI is InChI=1S/C17H12BrNO3S/c18-13-5-3-6-14(10-13)23(21,22)19-11-16-15-7-2-1-4-12(15)8-9-17(16)20/h1-11,20H. The Morgan fingerprint density at radius 2 is 1.78 bits per heavy atom. The van der Waals surface area contributed by atoms with Crippen molar-refractivity contribution in [3.8, 4) is 5.75 Å². The normalized spacial score (nSPS) is 12.0. The van der Waals surface area contributed by atoms with Crippen molar-refractivity contribution in [2.75, 3.05) is 0 Å². The van der Waals surface area contributed by atoms with Gasteiger partial charge in [-0.1, -0.05) is 52.3 Å². The summed E-state index contributed by atoms with van der Waals surface area (Å²) in [7, 11) is -3.84. The molecule has 6 heteroatoms. The number of phenols is 1. The summed E-state index contributed by atoms with van der Waals surface area (Å²) in [5.41, 5.74) is 0.377. The van der Waals surface area contributed by atoms with Crippen LogP contribution in [0.2, 0.25) is 0 Å². The number of rotatable bonds is 3. The molecule has 0 atom stereocenters. The van der Waals surface area contributed by atoms with Gasteiger partial charge >= 0.3 is 0 Å². The highest BCUT2D eigenvalue weighted by Crippen LogP contribution is 2.26. The summed E-state index contributed by atoms with van der Waals surface area (Å²) < 4.78 is 29.0. The van der Waals surface area contributed by atoms with Crippen LogP contribution in [-0.4, -0.2) is 19.7 Å². The molecule has 0 spiro atoms. The Labute approximate surface area is 142 Å². The molecule has 0 aliphatic rings. The lowest BCUT2D eigenvalue weighted by Crippen LogP contribution is -1.98. The first-order valence-electron chi connectivity index (χ1n) is 6.74. The Balaban J connectivity index is 2.08. The Morgan fingerprint density at radius 3 is 2.57 bits per heavy atom. The molecule has 3 rings (SSSR count). The zero-order valence-electron chi connectivity index (χ0n) is 11.8. The maximum atomic E-state index is 12.3. The molecule has 0 aromatic heterocycles. The first kappa shape index (κ1) is 15.7. The van der Waals surface area contributed by atoms with Gasteiger partial charge in [-0.2, -0.15) is 12.8 Å². The molecule has 0 aliphatic carbocycles. The topological polar surface area (TPSA) is 66.7 Å². The molecular weight excluding hydrogens is 378 g/mol. The maximum absolute atomic E-state index is 12.3. The van der Waals surface area contributed by atoms with Gasteiger partial charge in [-0.05, 0) is 35.0 Å². The molecule has 23 heavy (non-hydrogen) atoms. The third kappa shape index (κ3) is 3.28. The lowest BCUT2D eigenvalue weighted by Gasteiger charge is -2.05. The number of aromatic hydroxyl groups is 1. The second kappa shape index (κ2) is 6.14. The highest BCUT2D eigenvalue weighted by Gasteiger charge is 2.13. The lowest BCUT2D eigenvalue weighted by atomic mass is 10.0. The minimum absolute atomic E-state index is 0.0168. The Bertz CT molecular complexity index is 1010. The maximum Gasteiger partial charge on any atom is 0.282 e. The van der Waals surface area contributed by atoms with Gasteiger partial charge < -0.3 is 5.11 Å². The van der Waals surface area contributed by atoms with Crippen LogP contribution in [0, 0.1) is 0 Å². The van der Waals surface area contributed by atoms with Gasteiger partial charge in [0.15, 0.2) is 0 Å². The van der Waals surface area contributed by atoms with E-state index in [0.717, 1.165) is 10.8 Å². The summed E-state index contributed by atoms with van der Waals surface area (Å²) in [4.78, 5) is 0.0860. The molecule has 1 N–H and O–H groups in total. The number of benzene rings is 3. The highest BCUT2D eigenvalue weighted by molar-refractivity contribution is 9.10. The Morgan fingerprint density at radius 1 is 1.00 bits per heavy atom. The van der Waals surface area contributed by atoms with E-state index in [0.29, 0.717) is 10.0 Å². The molecule has 0 saturated heterocycles. The van der Waals surface area contributed by atoms with Crippen LogP contribution >= 0.6 is 15.9 Å². The average molecular weight is 390 g/mol. The molecule has 116 valence electrons. The van der Waals surface area contributed by atoms with E-state index in [9.17, 15) is 13.5 Å². The van der Waals surface area contributed by atoms with Gasteiger partial charge in [0, 0.05) is 10.0 Å². The van der Waals surface area contributed by atoms with E-state index in [1.54, 1.807) is 18.2 Å². The summed E-state index contributed by atoms with van der Waals surface area (Å²) >= 11 is 3.24. The van der Waals surface area contributed by atoms with Gasteiger partial charge in [-0.25, -0.2) is 0 Å². The largest absolute Gasteiger partial charge is 0.507 e. The predicted octanol–water partition coefficient (Wildman–Crippen LogP) is 4.12. The zero-order valence-corrected chi connectivity index (χ0v) is 14.3. The fraction of sp³-hybridized carbons (Fsp3) is 0. The second-order valence-electron chi connectivity index (χ2n) is 4.89. The van der Waals surface area contributed by atoms with E-state index in [1.807, 2.05) is 24.3 Å². The third-order valence-corrected chi connectivity index (χ3v) is 5.09. The summed E-state index contributed by atoms with van der Waals surface area (Å²) in [6, 6.07) is 17.0. The van der Waals surface area contributed by atoms with Crippen molar-refractivity contribution >= 4 is 42.9 Å². The van der Waals surface area contributed by atoms with Gasteiger partial charge in [0.1, 0.15) is 5.75 Å². The Kier molecular flexibility index (Phi) is 4.19. The monoisotopic (exact) mass is 389 g/mol. The SMILES string of the molecule is O=S(=O)(N=Cc1c(O)ccc2ccccc12)c1cccc(Br)c1. The van der Waals surface area contributed by atoms with E-state index in [2.05, 4.69) is 20.3 Å². The summed E-state index contributed by atoms with van der Waals surface area (Å²) in [6.45, 7) is 0. The molecule has 0 bridgehead atoms. The van der Waals surface area contributed by atoms with Crippen LogP contribution in [0.3, 0.4) is 0 Å². The van der Waals surface area contributed by atoms with Crippen molar-refractivity contribution in [3.05, 3.63) is 70.7 Å². The van der Waals surface area contributed by atoms with Crippen LogP contribution in [-0.2, 0) is 10.0 Å². The number of sulfonamides is 1. The van der Waals surface area contributed by atoms with Crippen LogP contribution in [0.5, 0.6) is 5.75 Å². The average Bonchev–Trinajstić information content (AvgIpc) is 2.54. The number of hydrogen-bond donors (Lipinski definition) is 1. The highest BCUT2D eigenvalue weighted by atomic mass is 79.9. The molecule has 0 fully saturated rings. The van der Waals surface area contributed by atoms with Crippen LogP contribution in [0.25, 0.3) is 10.8 Å². The molecule has 3 aromatic rings. The van der Waals surface area contributed by atoms with Crippen molar-refractivity contribution in [2.24, 2.45) is 4.40 Å². The molecule has 0 aliphatic heterocycles. The number of hydrogen-bond acceptors (Lipinski definition) is 3. The van der Waals surface area contributed by atoms with Crippen molar-refractivity contribution in [1.29, 1.82) is 0 Å². The van der Waals surface area contributed by atoms with E-state index >= 15 is 0 Å². The predicted molar refractivity (Wildman–Crippen MR) is 94.5 cm³/mol. The minimum atomic E-state index is -3.84. The third-order valence-electron chi connectivity index (χ3n) is 3.36. The molecule has 0 amide bonds. The summed E-state index contributed by atoms with van der Waals surface area (Å²) in [5.74, 6) is -0.0168. The van der Waals surface area contributed by atoms with E-state index < -0.39 is 10.0 Å². The van der Waals surface area contributed by atoms with Gasteiger partial charge in [0.2, 0.25) is 0 Å². The van der Waals surface area contributed by atoms with Crippen molar-refractivity contribution in [2.45, 2.75) is 4.90 Å². The second-order valence-corrected chi connectivity index (χ2v) is 7.43. The van der Waals surface area contributed by atoms with E-state index in [-0.39, 0.29) is 10.6 Å². The van der Waals surface area contributed by atoms with Crippen LogP contribution in [0.1, 0.15) is 5.56 Å². The molecule has 3 aromatic carbocycles. The first-order chi connectivity index (χ1) is 11.0. The van der Waals surface area contributed by atoms with Gasteiger partial charge in [-0.15, -0.1) is 0 Å². The first-order valence-corrected chi connectivity index (χ1v) is 8.97. The molecule has 0 unspecified atom stereocenters.